The zero-order chi connectivity index (χ0) is 25.8. The molecule has 0 amide bonds. The maximum absolute atomic E-state index is 2.65. The SMILES string of the molecule is C1=CCC2C(=C1)C(C1CC=CC3SC4CCC=CC4C31)C1C=CC=CC1C2C1CC=CCC1c1ccccc1. The van der Waals surface area contributed by atoms with E-state index in [0.29, 0.717) is 46.7 Å². The highest BCUT2D eigenvalue weighted by Gasteiger charge is 2.56. The number of thioether (sulfide) groups is 1. The van der Waals surface area contributed by atoms with Gasteiger partial charge in [-0.3, -0.25) is 0 Å². The topological polar surface area (TPSA) is 0 Å². The third kappa shape index (κ3) is 4.09. The van der Waals surface area contributed by atoms with Crippen molar-refractivity contribution in [2.45, 2.75) is 54.9 Å². The molecule has 1 heterocycles. The lowest BCUT2D eigenvalue weighted by Crippen LogP contribution is -2.50. The molecule has 0 aromatic heterocycles. The van der Waals surface area contributed by atoms with Crippen LogP contribution < -0.4 is 0 Å². The molecule has 0 bridgehead atoms. The smallest absolute Gasteiger partial charge is 0.0267 e. The summed E-state index contributed by atoms with van der Waals surface area (Å²) in [6, 6.07) is 11.5. The standard InChI is InChI=1S/C38H42S/c1-2-13-25(14-3-1)26-15-4-5-16-27(26)36-28-17-6-8-19-30(28)37(31-20-9-7-18-29(31)36)33-22-12-24-35-38(33)32-21-10-11-23-34(32)39-35/h1-10,12-14,17,19-21,24,26-30,32-38H,11,15-16,18,22-23H2. The molecule has 12 unspecified atom stereocenters. The fourth-order valence-electron chi connectivity index (χ4n) is 10.2. The lowest BCUT2D eigenvalue weighted by molar-refractivity contribution is 0.0404. The molecule has 6 aliphatic carbocycles. The third-order valence-electron chi connectivity index (χ3n) is 11.6. The summed E-state index contributed by atoms with van der Waals surface area (Å²) in [6.07, 6.45) is 40.5. The molecule has 1 saturated carbocycles. The van der Waals surface area contributed by atoms with E-state index < -0.39 is 0 Å². The molecule has 7 aliphatic rings. The quantitative estimate of drug-likeness (QED) is 0.351. The van der Waals surface area contributed by atoms with Crippen LogP contribution in [0.15, 0.2) is 115 Å². The zero-order valence-corrected chi connectivity index (χ0v) is 23.8. The van der Waals surface area contributed by atoms with Gasteiger partial charge in [-0.1, -0.05) is 115 Å². The van der Waals surface area contributed by atoms with E-state index >= 15 is 0 Å². The number of benzene rings is 1. The van der Waals surface area contributed by atoms with Crippen LogP contribution in [-0.2, 0) is 0 Å². The average molecular weight is 531 g/mol. The second-order valence-corrected chi connectivity index (χ2v) is 14.6. The Labute approximate surface area is 239 Å². The van der Waals surface area contributed by atoms with Crippen molar-refractivity contribution in [1.82, 2.24) is 0 Å². The van der Waals surface area contributed by atoms with E-state index in [0.717, 1.165) is 23.0 Å². The van der Waals surface area contributed by atoms with Crippen molar-refractivity contribution in [1.29, 1.82) is 0 Å². The first-order valence-electron chi connectivity index (χ1n) is 15.8. The lowest BCUT2D eigenvalue weighted by Gasteiger charge is -2.56. The van der Waals surface area contributed by atoms with Crippen LogP contribution in [0, 0.1) is 53.3 Å². The number of hydrogen-bond donors (Lipinski definition) is 0. The van der Waals surface area contributed by atoms with Crippen LogP contribution in [0.1, 0.15) is 50.0 Å². The normalized spacial score (nSPS) is 45.3. The van der Waals surface area contributed by atoms with E-state index in [-0.39, 0.29) is 0 Å². The predicted molar refractivity (Wildman–Crippen MR) is 166 cm³/mol. The minimum atomic E-state index is 0.630. The van der Waals surface area contributed by atoms with Crippen molar-refractivity contribution in [3.63, 3.8) is 0 Å². The summed E-state index contributed by atoms with van der Waals surface area (Å²) in [5, 5.41) is 1.55. The van der Waals surface area contributed by atoms with Crippen molar-refractivity contribution >= 4 is 11.8 Å². The van der Waals surface area contributed by atoms with Crippen molar-refractivity contribution in [3.05, 3.63) is 120 Å². The Hall–Kier alpha value is -2.25. The van der Waals surface area contributed by atoms with Gasteiger partial charge in [-0.15, -0.1) is 0 Å². The molecule has 0 N–H and O–H groups in total. The van der Waals surface area contributed by atoms with Gasteiger partial charge >= 0.3 is 0 Å². The number of hydrogen-bond acceptors (Lipinski definition) is 1. The van der Waals surface area contributed by atoms with Crippen molar-refractivity contribution in [2.75, 3.05) is 0 Å². The fraction of sp³-hybridized carbons (Fsp3) is 0.474. The Morgan fingerprint density at radius 1 is 0.615 bits per heavy atom. The largest absolute Gasteiger partial charge is 0.150 e. The summed E-state index contributed by atoms with van der Waals surface area (Å²) in [5.74, 6) is 6.98. The molecule has 200 valence electrons. The summed E-state index contributed by atoms with van der Waals surface area (Å²) >= 11 is 2.32. The van der Waals surface area contributed by atoms with E-state index in [2.05, 4.69) is 121 Å². The lowest BCUT2D eigenvalue weighted by atomic mass is 9.48. The van der Waals surface area contributed by atoms with E-state index in [1.54, 1.807) is 5.56 Å². The Bertz CT molecular complexity index is 1270. The Balaban J connectivity index is 1.20. The first-order chi connectivity index (χ1) is 19.4. The highest BCUT2D eigenvalue weighted by molar-refractivity contribution is 8.01. The van der Waals surface area contributed by atoms with Gasteiger partial charge in [0.15, 0.2) is 0 Å². The van der Waals surface area contributed by atoms with Gasteiger partial charge in [0, 0.05) is 10.5 Å². The van der Waals surface area contributed by atoms with Gasteiger partial charge in [0.1, 0.15) is 0 Å². The molecule has 0 nitrogen and oxygen atoms in total. The Morgan fingerprint density at radius 3 is 2.36 bits per heavy atom. The van der Waals surface area contributed by atoms with Crippen molar-refractivity contribution in [2.24, 2.45) is 53.3 Å². The molecule has 1 aliphatic heterocycles. The van der Waals surface area contributed by atoms with Crippen LogP contribution in [0.3, 0.4) is 0 Å². The molecule has 1 heteroatoms. The van der Waals surface area contributed by atoms with Gasteiger partial charge in [-0.05, 0) is 103 Å². The van der Waals surface area contributed by atoms with Gasteiger partial charge in [0.05, 0.1) is 0 Å². The van der Waals surface area contributed by atoms with Crippen molar-refractivity contribution < 1.29 is 0 Å². The van der Waals surface area contributed by atoms with Crippen LogP contribution in [-0.4, -0.2) is 10.5 Å². The first kappa shape index (κ1) is 24.5. The van der Waals surface area contributed by atoms with Gasteiger partial charge in [0.2, 0.25) is 0 Å². The maximum atomic E-state index is 2.65. The second-order valence-electron chi connectivity index (χ2n) is 13.2. The molecule has 0 radical (unpaired) electrons. The van der Waals surface area contributed by atoms with Crippen LogP contribution >= 0.6 is 11.8 Å². The summed E-state index contributed by atoms with van der Waals surface area (Å²) < 4.78 is 0. The number of fused-ring (bicyclic) bond motifs is 5. The van der Waals surface area contributed by atoms with Crippen molar-refractivity contribution in [3.8, 4) is 0 Å². The van der Waals surface area contributed by atoms with Gasteiger partial charge < -0.3 is 0 Å². The van der Waals surface area contributed by atoms with Gasteiger partial charge in [0.25, 0.3) is 0 Å². The number of rotatable bonds is 3. The summed E-state index contributed by atoms with van der Waals surface area (Å²) in [6.45, 7) is 0. The molecular formula is C38H42S. The molecule has 1 aromatic carbocycles. The highest BCUT2D eigenvalue weighted by Crippen LogP contribution is 2.63. The monoisotopic (exact) mass is 530 g/mol. The zero-order valence-electron chi connectivity index (χ0n) is 23.0. The molecule has 39 heavy (non-hydrogen) atoms. The summed E-state index contributed by atoms with van der Waals surface area (Å²) in [7, 11) is 0. The van der Waals surface area contributed by atoms with E-state index in [1.165, 1.54) is 38.5 Å². The highest BCUT2D eigenvalue weighted by atomic mass is 32.2. The van der Waals surface area contributed by atoms with E-state index in [4.69, 9.17) is 0 Å². The second kappa shape index (κ2) is 10.3. The summed E-state index contributed by atoms with van der Waals surface area (Å²) in [4.78, 5) is 0. The minimum Gasteiger partial charge on any atom is -0.150 e. The summed E-state index contributed by atoms with van der Waals surface area (Å²) in [5.41, 5.74) is 3.37. The maximum Gasteiger partial charge on any atom is 0.0267 e. The van der Waals surface area contributed by atoms with E-state index in [1.807, 2.05) is 5.57 Å². The van der Waals surface area contributed by atoms with Crippen LogP contribution in [0.5, 0.6) is 0 Å². The molecule has 0 spiro atoms. The van der Waals surface area contributed by atoms with Gasteiger partial charge in [-0.2, -0.15) is 11.8 Å². The minimum absolute atomic E-state index is 0.630. The molecular weight excluding hydrogens is 488 g/mol. The molecule has 1 saturated heterocycles. The Kier molecular flexibility index (Phi) is 6.48. The van der Waals surface area contributed by atoms with Gasteiger partial charge in [-0.25, -0.2) is 0 Å². The van der Waals surface area contributed by atoms with Crippen LogP contribution in [0.4, 0.5) is 0 Å². The molecule has 2 fully saturated rings. The molecule has 8 rings (SSSR count). The molecule has 1 aromatic rings. The fourth-order valence-corrected chi connectivity index (χ4v) is 12.1. The predicted octanol–water partition coefficient (Wildman–Crippen LogP) is 9.49. The molecule has 12 atom stereocenters. The van der Waals surface area contributed by atoms with Crippen LogP contribution in [0.25, 0.3) is 0 Å². The first-order valence-corrected chi connectivity index (χ1v) is 16.7. The average Bonchev–Trinajstić information content (AvgIpc) is 3.39. The van der Waals surface area contributed by atoms with Crippen LogP contribution in [0.2, 0.25) is 0 Å². The number of allylic oxidation sites excluding steroid dienone is 13. The third-order valence-corrected chi connectivity index (χ3v) is 13.3. The Morgan fingerprint density at radius 2 is 1.44 bits per heavy atom. The van der Waals surface area contributed by atoms with E-state index in [9.17, 15) is 0 Å².